The Kier molecular flexibility index (Phi) is 4.74. The first-order valence-corrected chi connectivity index (χ1v) is 6.96. The van der Waals surface area contributed by atoms with Gasteiger partial charge < -0.3 is 16.0 Å². The van der Waals surface area contributed by atoms with Crippen molar-refractivity contribution in [1.29, 1.82) is 0 Å². The molecule has 0 radical (unpaired) electrons. The minimum Gasteiger partial charge on any atom is -0.326 e. The van der Waals surface area contributed by atoms with Gasteiger partial charge in [0.05, 0.1) is 0 Å². The van der Waals surface area contributed by atoms with Crippen LogP contribution in [0.3, 0.4) is 0 Å². The fourth-order valence-corrected chi connectivity index (χ4v) is 2.49. The molecule has 1 aromatic carbocycles. The van der Waals surface area contributed by atoms with E-state index in [-0.39, 0.29) is 17.7 Å². The van der Waals surface area contributed by atoms with Crippen LogP contribution in [0.1, 0.15) is 26.7 Å². The third-order valence-electron chi connectivity index (χ3n) is 3.44. The molecule has 0 aliphatic carbocycles. The van der Waals surface area contributed by atoms with Crippen molar-refractivity contribution in [3.05, 3.63) is 24.3 Å². The maximum absolute atomic E-state index is 12.2. The van der Waals surface area contributed by atoms with E-state index in [0.29, 0.717) is 17.4 Å². The third kappa shape index (κ3) is 4.06. The SMILES string of the molecule is CC(=O)Nc1cccc(NC(=O)[C@H]2CCN[C@@H](C)C2)c1. The van der Waals surface area contributed by atoms with Gasteiger partial charge in [-0.25, -0.2) is 0 Å². The molecule has 1 fully saturated rings. The highest BCUT2D eigenvalue weighted by molar-refractivity contribution is 5.94. The molecule has 0 bridgehead atoms. The molecule has 2 atom stereocenters. The standard InChI is InChI=1S/C15H21N3O2/c1-10-8-12(6-7-16-10)15(20)18-14-5-3-4-13(9-14)17-11(2)19/h3-5,9-10,12,16H,6-8H2,1-2H3,(H,17,19)(H,18,20)/t10-,12-/m0/s1. The molecule has 1 aliphatic rings. The molecular weight excluding hydrogens is 254 g/mol. The van der Waals surface area contributed by atoms with Crippen LogP contribution in [0.15, 0.2) is 24.3 Å². The lowest BCUT2D eigenvalue weighted by molar-refractivity contribution is -0.120. The number of rotatable bonds is 3. The highest BCUT2D eigenvalue weighted by Gasteiger charge is 2.24. The molecule has 2 amide bonds. The zero-order chi connectivity index (χ0) is 14.5. The third-order valence-corrected chi connectivity index (χ3v) is 3.44. The number of hydrogen-bond acceptors (Lipinski definition) is 3. The van der Waals surface area contributed by atoms with Crippen molar-refractivity contribution in [2.45, 2.75) is 32.7 Å². The summed E-state index contributed by atoms with van der Waals surface area (Å²) in [5.74, 6) is -0.0188. The molecule has 0 unspecified atom stereocenters. The summed E-state index contributed by atoms with van der Waals surface area (Å²) in [6, 6.07) is 7.58. The van der Waals surface area contributed by atoms with E-state index >= 15 is 0 Å². The van der Waals surface area contributed by atoms with Crippen LogP contribution >= 0.6 is 0 Å². The first-order chi connectivity index (χ1) is 9.54. The van der Waals surface area contributed by atoms with E-state index in [4.69, 9.17) is 0 Å². The molecule has 108 valence electrons. The fraction of sp³-hybridized carbons (Fsp3) is 0.467. The molecule has 2 rings (SSSR count). The monoisotopic (exact) mass is 275 g/mol. The molecule has 5 heteroatoms. The lowest BCUT2D eigenvalue weighted by atomic mass is 9.92. The van der Waals surface area contributed by atoms with Crippen LogP contribution in [0.5, 0.6) is 0 Å². The van der Waals surface area contributed by atoms with Crippen LogP contribution in [-0.4, -0.2) is 24.4 Å². The zero-order valence-corrected chi connectivity index (χ0v) is 11.9. The number of hydrogen-bond donors (Lipinski definition) is 3. The summed E-state index contributed by atoms with van der Waals surface area (Å²) in [5, 5.41) is 8.97. The van der Waals surface area contributed by atoms with Crippen LogP contribution in [0.4, 0.5) is 11.4 Å². The van der Waals surface area contributed by atoms with Crippen LogP contribution < -0.4 is 16.0 Å². The average Bonchev–Trinajstić information content (AvgIpc) is 2.38. The van der Waals surface area contributed by atoms with Crippen LogP contribution in [0.25, 0.3) is 0 Å². The predicted octanol–water partition coefficient (Wildman–Crippen LogP) is 1.97. The molecule has 0 aromatic heterocycles. The lowest BCUT2D eigenvalue weighted by Gasteiger charge is -2.27. The largest absolute Gasteiger partial charge is 0.326 e. The number of piperidine rings is 1. The van der Waals surface area contributed by atoms with Gasteiger partial charge in [0.15, 0.2) is 0 Å². The number of benzene rings is 1. The summed E-state index contributed by atoms with van der Waals surface area (Å²) in [4.78, 5) is 23.2. The molecule has 0 saturated carbocycles. The summed E-state index contributed by atoms with van der Waals surface area (Å²) in [6.45, 7) is 4.43. The van der Waals surface area contributed by atoms with E-state index in [1.54, 1.807) is 12.1 Å². The van der Waals surface area contributed by atoms with Gasteiger partial charge in [-0.15, -0.1) is 0 Å². The van der Waals surface area contributed by atoms with Gasteiger partial charge in [0.25, 0.3) is 0 Å². The van der Waals surface area contributed by atoms with Gasteiger partial charge >= 0.3 is 0 Å². The van der Waals surface area contributed by atoms with Crippen molar-refractivity contribution < 1.29 is 9.59 Å². The fourth-order valence-electron chi connectivity index (χ4n) is 2.49. The minimum absolute atomic E-state index is 0.0515. The van der Waals surface area contributed by atoms with Gasteiger partial charge in [0, 0.05) is 30.3 Å². The smallest absolute Gasteiger partial charge is 0.227 e. The van der Waals surface area contributed by atoms with Gasteiger partial charge in [0.2, 0.25) is 11.8 Å². The van der Waals surface area contributed by atoms with E-state index in [1.807, 2.05) is 12.1 Å². The minimum atomic E-state index is -0.124. The van der Waals surface area contributed by atoms with Crippen molar-refractivity contribution in [2.75, 3.05) is 17.2 Å². The Balaban J connectivity index is 1.98. The van der Waals surface area contributed by atoms with E-state index in [1.165, 1.54) is 6.92 Å². The molecule has 0 spiro atoms. The number of nitrogens with one attached hydrogen (secondary N) is 3. The molecule has 3 N–H and O–H groups in total. The van der Waals surface area contributed by atoms with Crippen molar-refractivity contribution in [3.8, 4) is 0 Å². The Labute approximate surface area is 119 Å². The Morgan fingerprint density at radius 1 is 1.25 bits per heavy atom. The van der Waals surface area contributed by atoms with Crippen LogP contribution in [0, 0.1) is 5.92 Å². The van der Waals surface area contributed by atoms with Gasteiger partial charge in [-0.2, -0.15) is 0 Å². The maximum Gasteiger partial charge on any atom is 0.227 e. The summed E-state index contributed by atoms with van der Waals surface area (Å²) in [7, 11) is 0. The predicted molar refractivity (Wildman–Crippen MR) is 79.6 cm³/mol. The van der Waals surface area contributed by atoms with E-state index in [2.05, 4.69) is 22.9 Å². The van der Waals surface area contributed by atoms with E-state index in [0.717, 1.165) is 19.4 Å². The molecule has 20 heavy (non-hydrogen) atoms. The number of carbonyl (C=O) groups is 2. The highest BCUT2D eigenvalue weighted by atomic mass is 16.2. The zero-order valence-electron chi connectivity index (χ0n) is 11.9. The summed E-state index contributed by atoms with van der Waals surface area (Å²) >= 11 is 0. The van der Waals surface area contributed by atoms with Crippen molar-refractivity contribution in [2.24, 2.45) is 5.92 Å². The molecule has 1 aliphatic heterocycles. The molecule has 1 aromatic rings. The van der Waals surface area contributed by atoms with Crippen molar-refractivity contribution in [3.63, 3.8) is 0 Å². The van der Waals surface area contributed by atoms with Crippen molar-refractivity contribution >= 4 is 23.2 Å². The van der Waals surface area contributed by atoms with Gasteiger partial charge in [-0.05, 0) is 44.5 Å². The van der Waals surface area contributed by atoms with E-state index < -0.39 is 0 Å². The van der Waals surface area contributed by atoms with Crippen LogP contribution in [-0.2, 0) is 9.59 Å². The second-order valence-electron chi connectivity index (χ2n) is 5.33. The average molecular weight is 275 g/mol. The normalized spacial score (nSPS) is 22.1. The quantitative estimate of drug-likeness (QED) is 0.790. The van der Waals surface area contributed by atoms with Crippen LogP contribution in [0.2, 0.25) is 0 Å². The summed E-state index contributed by atoms with van der Waals surface area (Å²) in [5.41, 5.74) is 1.40. The first-order valence-electron chi connectivity index (χ1n) is 6.96. The lowest BCUT2D eigenvalue weighted by Crippen LogP contribution is -2.40. The molecule has 1 saturated heterocycles. The van der Waals surface area contributed by atoms with Gasteiger partial charge in [-0.3, -0.25) is 9.59 Å². The molecule has 5 nitrogen and oxygen atoms in total. The molecule has 1 heterocycles. The van der Waals surface area contributed by atoms with Gasteiger partial charge in [-0.1, -0.05) is 6.07 Å². The number of anilines is 2. The van der Waals surface area contributed by atoms with Crippen molar-refractivity contribution in [1.82, 2.24) is 5.32 Å². The maximum atomic E-state index is 12.2. The topological polar surface area (TPSA) is 70.2 Å². The Hall–Kier alpha value is -1.88. The number of amides is 2. The Bertz CT molecular complexity index is 502. The highest BCUT2D eigenvalue weighted by Crippen LogP contribution is 2.20. The number of carbonyl (C=O) groups excluding carboxylic acids is 2. The second-order valence-corrected chi connectivity index (χ2v) is 5.33. The summed E-state index contributed by atoms with van der Waals surface area (Å²) in [6.07, 6.45) is 1.72. The first kappa shape index (κ1) is 14.5. The Morgan fingerprint density at radius 3 is 2.60 bits per heavy atom. The summed E-state index contributed by atoms with van der Waals surface area (Å²) < 4.78 is 0. The Morgan fingerprint density at radius 2 is 1.95 bits per heavy atom. The second kappa shape index (κ2) is 6.52. The molecular formula is C15H21N3O2. The van der Waals surface area contributed by atoms with E-state index in [9.17, 15) is 9.59 Å². The van der Waals surface area contributed by atoms with Gasteiger partial charge in [0.1, 0.15) is 0 Å².